The second-order valence-electron chi connectivity index (χ2n) is 4.35. The van der Waals surface area contributed by atoms with Gasteiger partial charge in [-0.3, -0.25) is 4.57 Å². The summed E-state index contributed by atoms with van der Waals surface area (Å²) in [5, 5.41) is 7.68. The van der Waals surface area contributed by atoms with Crippen LogP contribution in [0.15, 0.2) is 27.1 Å². The fourth-order valence-electron chi connectivity index (χ4n) is 1.65. The zero-order valence-electron chi connectivity index (χ0n) is 11.6. The molecule has 0 amide bonds. The maximum Gasteiger partial charge on any atom is 0.344 e. The van der Waals surface area contributed by atoms with Gasteiger partial charge < -0.3 is 10.5 Å². The molecule has 108 valence electrons. The smallest absolute Gasteiger partial charge is 0.344 e. The standard InChI is InChI=1S/C12H17N5O2S/c1-4-19-10-8(13)5-6-9(14-10)20-12-16-15-11(18)17(12)7(2)3/h5-7H,4,13H2,1-3H3,(H,15,18). The Morgan fingerprint density at radius 1 is 1.50 bits per heavy atom. The van der Waals surface area contributed by atoms with Gasteiger partial charge in [0.15, 0.2) is 5.16 Å². The van der Waals surface area contributed by atoms with Gasteiger partial charge in [-0.25, -0.2) is 14.9 Å². The number of aromatic amines is 1. The number of H-pyrrole nitrogens is 1. The van der Waals surface area contributed by atoms with Gasteiger partial charge in [0.05, 0.1) is 12.3 Å². The Labute approximate surface area is 120 Å². The van der Waals surface area contributed by atoms with Crippen molar-refractivity contribution in [3.05, 3.63) is 22.6 Å². The molecule has 2 heterocycles. The van der Waals surface area contributed by atoms with Gasteiger partial charge in [-0.1, -0.05) is 0 Å². The maximum absolute atomic E-state index is 11.7. The quantitative estimate of drug-likeness (QED) is 0.870. The topological polar surface area (TPSA) is 98.8 Å². The van der Waals surface area contributed by atoms with E-state index in [-0.39, 0.29) is 11.7 Å². The van der Waals surface area contributed by atoms with Crippen LogP contribution in [0.25, 0.3) is 0 Å². The summed E-state index contributed by atoms with van der Waals surface area (Å²) in [5.74, 6) is 0.395. The average molecular weight is 295 g/mol. The van der Waals surface area contributed by atoms with E-state index in [9.17, 15) is 4.79 Å². The molecular formula is C12H17N5O2S. The summed E-state index contributed by atoms with van der Waals surface area (Å²) in [5.41, 5.74) is 6.03. The van der Waals surface area contributed by atoms with E-state index in [1.54, 1.807) is 16.7 Å². The second kappa shape index (κ2) is 6.00. The summed E-state index contributed by atoms with van der Waals surface area (Å²) in [7, 11) is 0. The SMILES string of the molecule is CCOc1nc(Sc2n[nH]c(=O)n2C(C)C)ccc1N. The molecule has 0 saturated carbocycles. The Balaban J connectivity index is 2.31. The Morgan fingerprint density at radius 3 is 2.90 bits per heavy atom. The van der Waals surface area contributed by atoms with Crippen LogP contribution in [0.2, 0.25) is 0 Å². The fraction of sp³-hybridized carbons (Fsp3) is 0.417. The van der Waals surface area contributed by atoms with Crippen molar-refractivity contribution in [3.8, 4) is 5.88 Å². The number of hydrogen-bond donors (Lipinski definition) is 2. The first kappa shape index (κ1) is 14.4. The number of rotatable bonds is 5. The number of hydrogen-bond acceptors (Lipinski definition) is 6. The average Bonchev–Trinajstić information content (AvgIpc) is 2.75. The lowest BCUT2D eigenvalue weighted by atomic mass is 10.4. The van der Waals surface area contributed by atoms with Crippen LogP contribution in [0.3, 0.4) is 0 Å². The molecular weight excluding hydrogens is 278 g/mol. The van der Waals surface area contributed by atoms with Crippen LogP contribution in [0.1, 0.15) is 26.8 Å². The third kappa shape index (κ3) is 2.96. The molecule has 0 fully saturated rings. The van der Waals surface area contributed by atoms with Crippen molar-refractivity contribution in [1.29, 1.82) is 0 Å². The van der Waals surface area contributed by atoms with E-state index in [0.717, 1.165) is 0 Å². The highest BCUT2D eigenvalue weighted by Gasteiger charge is 2.14. The van der Waals surface area contributed by atoms with Gasteiger partial charge in [0.2, 0.25) is 5.88 Å². The highest BCUT2D eigenvalue weighted by molar-refractivity contribution is 7.99. The predicted molar refractivity (Wildman–Crippen MR) is 77.2 cm³/mol. The van der Waals surface area contributed by atoms with Crippen molar-refractivity contribution in [2.75, 3.05) is 12.3 Å². The molecule has 0 saturated heterocycles. The van der Waals surface area contributed by atoms with Gasteiger partial charge in [0.1, 0.15) is 5.03 Å². The zero-order valence-corrected chi connectivity index (χ0v) is 12.4. The third-order valence-corrected chi connectivity index (χ3v) is 3.44. The van der Waals surface area contributed by atoms with E-state index < -0.39 is 0 Å². The molecule has 0 atom stereocenters. The van der Waals surface area contributed by atoms with E-state index in [0.29, 0.717) is 28.4 Å². The number of nitrogens with two attached hydrogens (primary N) is 1. The first-order valence-corrected chi connectivity index (χ1v) is 7.08. The largest absolute Gasteiger partial charge is 0.476 e. The number of anilines is 1. The van der Waals surface area contributed by atoms with Crippen LogP contribution in [0.5, 0.6) is 5.88 Å². The molecule has 2 aromatic rings. The number of nitrogens with zero attached hydrogens (tertiary/aromatic N) is 3. The van der Waals surface area contributed by atoms with Crippen LogP contribution in [-0.2, 0) is 0 Å². The second-order valence-corrected chi connectivity index (χ2v) is 5.34. The minimum atomic E-state index is -0.233. The number of pyridine rings is 1. The maximum atomic E-state index is 11.7. The molecule has 0 aliphatic carbocycles. The predicted octanol–water partition coefficient (Wildman–Crippen LogP) is 1.68. The van der Waals surface area contributed by atoms with Crippen molar-refractivity contribution >= 4 is 17.4 Å². The minimum Gasteiger partial charge on any atom is -0.476 e. The van der Waals surface area contributed by atoms with Crippen molar-refractivity contribution in [2.45, 2.75) is 37.0 Å². The van der Waals surface area contributed by atoms with Gasteiger partial charge in [-0.2, -0.15) is 0 Å². The van der Waals surface area contributed by atoms with E-state index >= 15 is 0 Å². The number of nitrogen functional groups attached to an aromatic ring is 1. The molecule has 0 spiro atoms. The molecule has 0 unspecified atom stereocenters. The molecule has 0 aromatic carbocycles. The highest BCUT2D eigenvalue weighted by atomic mass is 32.2. The normalized spacial score (nSPS) is 11.0. The van der Waals surface area contributed by atoms with E-state index in [4.69, 9.17) is 10.5 Å². The Kier molecular flexibility index (Phi) is 4.33. The summed E-state index contributed by atoms with van der Waals surface area (Å²) in [6.07, 6.45) is 0. The van der Waals surface area contributed by atoms with Crippen molar-refractivity contribution in [1.82, 2.24) is 19.7 Å². The molecule has 2 aromatic heterocycles. The summed E-state index contributed by atoms with van der Waals surface area (Å²) in [6, 6.07) is 3.51. The monoisotopic (exact) mass is 295 g/mol. The summed E-state index contributed by atoms with van der Waals surface area (Å²) in [6.45, 7) is 6.20. The number of aromatic nitrogens is 4. The Bertz CT molecular complexity index is 650. The lowest BCUT2D eigenvalue weighted by Gasteiger charge is -2.09. The van der Waals surface area contributed by atoms with Gasteiger partial charge in [0, 0.05) is 6.04 Å². The van der Waals surface area contributed by atoms with E-state index in [1.165, 1.54) is 11.8 Å². The summed E-state index contributed by atoms with van der Waals surface area (Å²) >= 11 is 1.29. The van der Waals surface area contributed by atoms with Gasteiger partial charge >= 0.3 is 5.69 Å². The third-order valence-electron chi connectivity index (χ3n) is 2.53. The molecule has 0 bridgehead atoms. The van der Waals surface area contributed by atoms with Crippen molar-refractivity contribution in [2.24, 2.45) is 0 Å². The molecule has 0 aliphatic rings. The highest BCUT2D eigenvalue weighted by Crippen LogP contribution is 2.29. The molecule has 3 N–H and O–H groups in total. The van der Waals surface area contributed by atoms with Crippen LogP contribution in [0, 0.1) is 0 Å². The molecule has 0 radical (unpaired) electrons. The van der Waals surface area contributed by atoms with Crippen molar-refractivity contribution < 1.29 is 4.74 Å². The van der Waals surface area contributed by atoms with Crippen LogP contribution in [0.4, 0.5) is 5.69 Å². The number of ether oxygens (including phenoxy) is 1. The summed E-state index contributed by atoms with van der Waals surface area (Å²) < 4.78 is 6.92. The van der Waals surface area contributed by atoms with E-state index in [2.05, 4.69) is 15.2 Å². The summed E-state index contributed by atoms with van der Waals surface area (Å²) in [4.78, 5) is 16.0. The Morgan fingerprint density at radius 2 is 2.25 bits per heavy atom. The van der Waals surface area contributed by atoms with Crippen LogP contribution >= 0.6 is 11.8 Å². The first-order valence-electron chi connectivity index (χ1n) is 6.27. The molecule has 20 heavy (non-hydrogen) atoms. The lowest BCUT2D eigenvalue weighted by molar-refractivity contribution is 0.326. The van der Waals surface area contributed by atoms with Gasteiger partial charge in [-0.05, 0) is 44.7 Å². The van der Waals surface area contributed by atoms with Gasteiger partial charge in [0.25, 0.3) is 0 Å². The Hall–Kier alpha value is -1.96. The minimum absolute atomic E-state index is 0.0175. The van der Waals surface area contributed by atoms with Crippen molar-refractivity contribution in [3.63, 3.8) is 0 Å². The fourth-order valence-corrected chi connectivity index (χ4v) is 2.59. The van der Waals surface area contributed by atoms with E-state index in [1.807, 2.05) is 20.8 Å². The van der Waals surface area contributed by atoms with Gasteiger partial charge in [-0.15, -0.1) is 5.10 Å². The molecule has 7 nitrogen and oxygen atoms in total. The lowest BCUT2D eigenvalue weighted by Crippen LogP contribution is -2.19. The molecule has 2 rings (SSSR count). The first-order chi connectivity index (χ1) is 9.52. The van der Waals surface area contributed by atoms with Crippen LogP contribution in [-0.4, -0.2) is 26.4 Å². The molecule has 8 heteroatoms. The molecule has 0 aliphatic heterocycles. The van der Waals surface area contributed by atoms with Crippen LogP contribution < -0.4 is 16.2 Å². The zero-order chi connectivity index (χ0) is 14.7. The number of nitrogens with one attached hydrogen (secondary N) is 1.